The molecule has 2 aliphatic rings. The SMILES string of the molecule is NNC(Cc1sccc1Br)C1(N2CCCC2)CCCC1. The topological polar surface area (TPSA) is 41.3 Å². The maximum absolute atomic E-state index is 5.98. The Labute approximate surface area is 134 Å². The van der Waals surface area contributed by atoms with Gasteiger partial charge in [0.2, 0.25) is 0 Å². The lowest BCUT2D eigenvalue weighted by Gasteiger charge is -2.45. The third-order valence-corrected chi connectivity index (χ3v) is 7.08. The molecule has 3 nitrogen and oxygen atoms in total. The molecule has 1 unspecified atom stereocenters. The summed E-state index contributed by atoms with van der Waals surface area (Å²) in [5.74, 6) is 5.98. The summed E-state index contributed by atoms with van der Waals surface area (Å²) < 4.78 is 1.23. The molecular formula is C15H24BrN3S. The van der Waals surface area contributed by atoms with Gasteiger partial charge in [0.05, 0.1) is 0 Å². The third-order valence-electron chi connectivity index (χ3n) is 5.14. The highest BCUT2D eigenvalue weighted by molar-refractivity contribution is 9.10. The Balaban J connectivity index is 1.82. The number of nitrogens with one attached hydrogen (secondary N) is 1. The van der Waals surface area contributed by atoms with E-state index in [1.807, 2.05) is 11.3 Å². The molecule has 3 N–H and O–H groups in total. The molecule has 1 aromatic heterocycles. The monoisotopic (exact) mass is 357 g/mol. The smallest absolute Gasteiger partial charge is 0.0443 e. The highest BCUT2D eigenvalue weighted by Crippen LogP contribution is 2.41. The van der Waals surface area contributed by atoms with Gasteiger partial charge in [0.25, 0.3) is 0 Å². The molecule has 2 heterocycles. The van der Waals surface area contributed by atoms with Crippen molar-refractivity contribution < 1.29 is 0 Å². The summed E-state index contributed by atoms with van der Waals surface area (Å²) >= 11 is 5.49. The summed E-state index contributed by atoms with van der Waals surface area (Å²) in [6.07, 6.45) is 9.02. The number of hydrazine groups is 1. The minimum Gasteiger partial charge on any atom is -0.296 e. The van der Waals surface area contributed by atoms with E-state index < -0.39 is 0 Å². The van der Waals surface area contributed by atoms with Crippen LogP contribution in [-0.4, -0.2) is 29.6 Å². The first-order chi connectivity index (χ1) is 9.76. The molecule has 5 heteroatoms. The first-order valence-electron chi connectivity index (χ1n) is 7.69. The molecule has 1 saturated heterocycles. The summed E-state index contributed by atoms with van der Waals surface area (Å²) in [6.45, 7) is 2.51. The zero-order valence-electron chi connectivity index (χ0n) is 11.9. The van der Waals surface area contributed by atoms with Gasteiger partial charge in [-0.15, -0.1) is 11.3 Å². The molecule has 0 radical (unpaired) electrons. The summed E-state index contributed by atoms with van der Waals surface area (Å²) in [4.78, 5) is 4.14. The van der Waals surface area contributed by atoms with Crippen LogP contribution in [-0.2, 0) is 6.42 Å². The third kappa shape index (κ3) is 2.71. The van der Waals surface area contributed by atoms with Crippen LogP contribution < -0.4 is 11.3 Å². The fraction of sp³-hybridized carbons (Fsp3) is 0.733. The van der Waals surface area contributed by atoms with Gasteiger partial charge in [-0.2, -0.15) is 0 Å². The number of halogens is 1. The number of thiophene rings is 1. The second-order valence-corrected chi connectivity index (χ2v) is 7.97. The lowest BCUT2D eigenvalue weighted by molar-refractivity contribution is 0.0769. The summed E-state index contributed by atoms with van der Waals surface area (Å²) in [5.41, 5.74) is 3.46. The number of nitrogens with zero attached hydrogens (tertiary/aromatic N) is 1. The van der Waals surface area contributed by atoms with Gasteiger partial charge in [-0.25, -0.2) is 0 Å². The van der Waals surface area contributed by atoms with Crippen LogP contribution in [0.5, 0.6) is 0 Å². The van der Waals surface area contributed by atoms with E-state index in [-0.39, 0.29) is 5.54 Å². The van der Waals surface area contributed by atoms with E-state index in [0.29, 0.717) is 6.04 Å². The molecule has 1 atom stereocenters. The van der Waals surface area contributed by atoms with Crippen molar-refractivity contribution in [3.63, 3.8) is 0 Å². The molecule has 1 aliphatic heterocycles. The largest absolute Gasteiger partial charge is 0.296 e. The average molecular weight is 358 g/mol. The van der Waals surface area contributed by atoms with Crippen LogP contribution in [0.2, 0.25) is 0 Å². The fourth-order valence-corrected chi connectivity index (χ4v) is 5.66. The number of hydrogen-bond donors (Lipinski definition) is 2. The Morgan fingerprint density at radius 1 is 1.30 bits per heavy atom. The molecule has 112 valence electrons. The van der Waals surface area contributed by atoms with Gasteiger partial charge < -0.3 is 0 Å². The minimum atomic E-state index is 0.286. The standard InChI is InChI=1S/C15H24BrN3S/c16-12-5-10-20-13(12)11-14(18-17)15(6-1-2-7-15)19-8-3-4-9-19/h5,10,14,18H,1-4,6-9,11,17H2. The van der Waals surface area contributed by atoms with E-state index in [1.54, 1.807) is 0 Å². The first-order valence-corrected chi connectivity index (χ1v) is 9.36. The molecular weight excluding hydrogens is 334 g/mol. The molecule has 1 aliphatic carbocycles. The molecule has 0 amide bonds. The Morgan fingerprint density at radius 2 is 2.00 bits per heavy atom. The lowest BCUT2D eigenvalue weighted by atomic mass is 9.84. The number of nitrogens with two attached hydrogens (primary N) is 1. The van der Waals surface area contributed by atoms with Gasteiger partial charge in [-0.05, 0) is 66.1 Å². The molecule has 1 aromatic rings. The second-order valence-electron chi connectivity index (χ2n) is 6.12. The van der Waals surface area contributed by atoms with E-state index >= 15 is 0 Å². The van der Waals surface area contributed by atoms with Crippen LogP contribution in [0.1, 0.15) is 43.4 Å². The van der Waals surface area contributed by atoms with Crippen molar-refractivity contribution in [2.75, 3.05) is 13.1 Å². The van der Waals surface area contributed by atoms with Crippen LogP contribution >= 0.6 is 27.3 Å². The van der Waals surface area contributed by atoms with Crippen molar-refractivity contribution in [2.45, 2.75) is 56.5 Å². The summed E-state index contributed by atoms with van der Waals surface area (Å²) in [5, 5.41) is 2.16. The average Bonchev–Trinajstić information content (AvgIpc) is 3.18. The predicted molar refractivity (Wildman–Crippen MR) is 88.8 cm³/mol. The van der Waals surface area contributed by atoms with Crippen molar-refractivity contribution in [3.8, 4) is 0 Å². The van der Waals surface area contributed by atoms with Crippen molar-refractivity contribution in [2.24, 2.45) is 5.84 Å². The quantitative estimate of drug-likeness (QED) is 0.627. The van der Waals surface area contributed by atoms with Crippen LogP contribution in [0.15, 0.2) is 15.9 Å². The molecule has 0 bridgehead atoms. The van der Waals surface area contributed by atoms with Crippen molar-refractivity contribution in [1.82, 2.24) is 10.3 Å². The maximum atomic E-state index is 5.98. The van der Waals surface area contributed by atoms with Gasteiger partial charge in [-0.3, -0.25) is 16.2 Å². The molecule has 1 saturated carbocycles. The Hall–Kier alpha value is 0.0600. The molecule has 0 aromatic carbocycles. The molecule has 20 heavy (non-hydrogen) atoms. The van der Waals surface area contributed by atoms with Gasteiger partial charge in [0, 0.05) is 27.4 Å². The molecule has 2 fully saturated rings. The van der Waals surface area contributed by atoms with Gasteiger partial charge in [-0.1, -0.05) is 12.8 Å². The van der Waals surface area contributed by atoms with Crippen LogP contribution in [0.4, 0.5) is 0 Å². The number of rotatable bonds is 5. The maximum Gasteiger partial charge on any atom is 0.0443 e. The van der Waals surface area contributed by atoms with Gasteiger partial charge in [0.15, 0.2) is 0 Å². The van der Waals surface area contributed by atoms with E-state index in [9.17, 15) is 0 Å². The first kappa shape index (κ1) is 15.0. The number of likely N-dealkylation sites (tertiary alicyclic amines) is 1. The zero-order valence-corrected chi connectivity index (χ0v) is 14.3. The predicted octanol–water partition coefficient (Wildman–Crippen LogP) is 3.29. The summed E-state index contributed by atoms with van der Waals surface area (Å²) in [6, 6.07) is 2.50. The van der Waals surface area contributed by atoms with Crippen LogP contribution in [0, 0.1) is 0 Å². The van der Waals surface area contributed by atoms with Gasteiger partial charge >= 0.3 is 0 Å². The highest BCUT2D eigenvalue weighted by Gasteiger charge is 2.46. The van der Waals surface area contributed by atoms with Crippen molar-refractivity contribution >= 4 is 27.3 Å². The minimum absolute atomic E-state index is 0.286. The Kier molecular flexibility index (Phi) is 4.82. The molecule has 0 spiro atoms. The normalized spacial score (nSPS) is 24.3. The lowest BCUT2D eigenvalue weighted by Crippen LogP contribution is -2.61. The second kappa shape index (κ2) is 6.44. The van der Waals surface area contributed by atoms with Crippen LogP contribution in [0.25, 0.3) is 0 Å². The Bertz CT molecular complexity index is 436. The Morgan fingerprint density at radius 3 is 2.55 bits per heavy atom. The molecule has 3 rings (SSSR count). The van der Waals surface area contributed by atoms with Crippen molar-refractivity contribution in [1.29, 1.82) is 0 Å². The summed E-state index contributed by atoms with van der Waals surface area (Å²) in [7, 11) is 0. The van der Waals surface area contributed by atoms with Gasteiger partial charge in [0.1, 0.15) is 0 Å². The highest BCUT2D eigenvalue weighted by atomic mass is 79.9. The number of hydrogen-bond acceptors (Lipinski definition) is 4. The van der Waals surface area contributed by atoms with E-state index in [4.69, 9.17) is 5.84 Å². The van der Waals surface area contributed by atoms with Crippen molar-refractivity contribution in [3.05, 3.63) is 20.8 Å². The van der Waals surface area contributed by atoms with Crippen LogP contribution in [0.3, 0.4) is 0 Å². The van der Waals surface area contributed by atoms with E-state index in [1.165, 1.54) is 61.0 Å². The zero-order chi connectivity index (χ0) is 14.0. The van der Waals surface area contributed by atoms with E-state index in [2.05, 4.69) is 37.7 Å². The van der Waals surface area contributed by atoms with E-state index in [0.717, 1.165) is 6.42 Å². The fourth-order valence-electron chi connectivity index (χ4n) is 4.09.